The lowest BCUT2D eigenvalue weighted by atomic mass is 10.2. The molecule has 4 nitrogen and oxygen atoms in total. The monoisotopic (exact) mass is 179 g/mol. The molecule has 0 radical (unpaired) electrons. The average Bonchev–Trinajstić information content (AvgIpc) is 1.87. The van der Waals surface area contributed by atoms with Crippen molar-refractivity contribution < 1.29 is 14.3 Å². The van der Waals surface area contributed by atoms with E-state index in [2.05, 4.69) is 10.1 Å². The summed E-state index contributed by atoms with van der Waals surface area (Å²) in [6, 6.07) is -0.465. The summed E-state index contributed by atoms with van der Waals surface area (Å²) >= 11 is 0. The number of nitrogens with one attached hydrogen (secondary N) is 1. The fourth-order valence-corrected chi connectivity index (χ4v) is 0.337. The number of ether oxygens (including phenoxy) is 1. The van der Waals surface area contributed by atoms with Crippen LogP contribution in [0.1, 0.15) is 13.8 Å². The Hall–Kier alpha value is -0.710. The van der Waals surface area contributed by atoms with Crippen LogP contribution in [0.2, 0.25) is 0 Å². The van der Waals surface area contributed by atoms with Gasteiger partial charge in [-0.2, -0.15) is 13.5 Å². The fraction of sp³-hybridized carbons (Fsp3) is 0.667. The first kappa shape index (κ1) is 12.9. The van der Waals surface area contributed by atoms with Crippen molar-refractivity contribution in [2.24, 2.45) is 0 Å². The minimum absolute atomic E-state index is 0. The molecule has 0 saturated carbocycles. The molecular formula is C6H13NO3S. The summed E-state index contributed by atoms with van der Waals surface area (Å²) < 4.78 is 4.27. The van der Waals surface area contributed by atoms with Gasteiger partial charge in [-0.25, -0.2) is 4.79 Å². The lowest BCUT2D eigenvalue weighted by Crippen LogP contribution is -2.37. The largest absolute Gasteiger partial charge is 0.453 e. The van der Waals surface area contributed by atoms with Crippen LogP contribution in [0.4, 0.5) is 4.79 Å². The van der Waals surface area contributed by atoms with E-state index in [0.29, 0.717) is 0 Å². The smallest absolute Gasteiger partial charge is 0.407 e. The van der Waals surface area contributed by atoms with Crippen LogP contribution >= 0.6 is 13.5 Å². The van der Waals surface area contributed by atoms with Crippen molar-refractivity contribution in [3.63, 3.8) is 0 Å². The SMILES string of the molecule is COC(=O)N[C@@H](C)C(C)=O.S. The molecule has 5 heteroatoms. The van der Waals surface area contributed by atoms with Crippen LogP contribution < -0.4 is 5.32 Å². The van der Waals surface area contributed by atoms with Gasteiger partial charge in [0.2, 0.25) is 0 Å². The van der Waals surface area contributed by atoms with E-state index >= 15 is 0 Å². The Kier molecular flexibility index (Phi) is 7.08. The minimum Gasteiger partial charge on any atom is -0.453 e. The topological polar surface area (TPSA) is 55.4 Å². The molecule has 0 rings (SSSR count). The first-order valence-electron chi connectivity index (χ1n) is 2.93. The van der Waals surface area contributed by atoms with Gasteiger partial charge in [-0.05, 0) is 13.8 Å². The second-order valence-electron chi connectivity index (χ2n) is 1.97. The van der Waals surface area contributed by atoms with Crippen LogP contribution in [0.5, 0.6) is 0 Å². The van der Waals surface area contributed by atoms with Crippen LogP contribution in [-0.4, -0.2) is 25.0 Å². The van der Waals surface area contributed by atoms with Gasteiger partial charge in [-0.15, -0.1) is 0 Å². The number of carbonyl (C=O) groups excluding carboxylic acids is 2. The molecule has 1 amide bonds. The van der Waals surface area contributed by atoms with Gasteiger partial charge in [-0.3, -0.25) is 4.79 Å². The molecule has 0 aromatic carbocycles. The van der Waals surface area contributed by atoms with Crippen molar-refractivity contribution in [3.05, 3.63) is 0 Å². The van der Waals surface area contributed by atoms with Crippen molar-refractivity contribution in [2.75, 3.05) is 7.11 Å². The highest BCUT2D eigenvalue weighted by molar-refractivity contribution is 7.59. The fourth-order valence-electron chi connectivity index (χ4n) is 0.337. The van der Waals surface area contributed by atoms with Crippen molar-refractivity contribution in [3.8, 4) is 0 Å². The number of methoxy groups -OCH3 is 1. The van der Waals surface area contributed by atoms with Crippen molar-refractivity contribution in [2.45, 2.75) is 19.9 Å². The first-order valence-corrected chi connectivity index (χ1v) is 2.93. The van der Waals surface area contributed by atoms with E-state index in [1.807, 2.05) is 0 Å². The lowest BCUT2D eigenvalue weighted by Gasteiger charge is -2.07. The summed E-state index contributed by atoms with van der Waals surface area (Å²) in [7, 11) is 1.25. The van der Waals surface area contributed by atoms with E-state index in [-0.39, 0.29) is 19.3 Å². The number of alkyl carbamates (subject to hydrolysis) is 1. The number of amides is 1. The predicted molar refractivity (Wildman–Crippen MR) is 46.1 cm³/mol. The highest BCUT2D eigenvalue weighted by atomic mass is 32.1. The van der Waals surface area contributed by atoms with Gasteiger partial charge in [-0.1, -0.05) is 0 Å². The maximum atomic E-state index is 10.5. The third kappa shape index (κ3) is 5.72. The van der Waals surface area contributed by atoms with Crippen molar-refractivity contribution in [1.82, 2.24) is 5.32 Å². The molecular weight excluding hydrogens is 166 g/mol. The van der Waals surface area contributed by atoms with Gasteiger partial charge in [0, 0.05) is 0 Å². The summed E-state index contributed by atoms with van der Waals surface area (Å²) in [5.74, 6) is -0.0922. The summed E-state index contributed by atoms with van der Waals surface area (Å²) in [5, 5.41) is 2.32. The van der Waals surface area contributed by atoms with E-state index in [9.17, 15) is 9.59 Å². The summed E-state index contributed by atoms with van der Waals surface area (Å²) in [6.07, 6.45) is -0.581. The van der Waals surface area contributed by atoms with E-state index in [4.69, 9.17) is 0 Å². The molecule has 0 aliphatic rings. The Morgan fingerprint density at radius 1 is 1.45 bits per heavy atom. The number of hydrogen-bond acceptors (Lipinski definition) is 3. The standard InChI is InChI=1S/C6H11NO3.H2S/c1-4(5(2)8)7-6(9)10-3;/h4H,1-3H3,(H,7,9);1H2/t4-;/m0./s1. The Labute approximate surface area is 72.7 Å². The molecule has 0 spiro atoms. The van der Waals surface area contributed by atoms with E-state index in [1.165, 1.54) is 14.0 Å². The molecule has 0 fully saturated rings. The molecule has 0 aromatic heterocycles. The molecule has 0 aliphatic carbocycles. The summed E-state index contributed by atoms with van der Waals surface area (Å²) in [5.41, 5.74) is 0. The quantitative estimate of drug-likeness (QED) is 0.669. The van der Waals surface area contributed by atoms with E-state index < -0.39 is 12.1 Å². The average molecular weight is 179 g/mol. The van der Waals surface area contributed by atoms with Gasteiger partial charge in [0.25, 0.3) is 0 Å². The van der Waals surface area contributed by atoms with E-state index in [1.54, 1.807) is 6.92 Å². The lowest BCUT2D eigenvalue weighted by molar-refractivity contribution is -0.118. The zero-order valence-electron chi connectivity index (χ0n) is 6.80. The summed E-state index contributed by atoms with van der Waals surface area (Å²) in [4.78, 5) is 21.0. The van der Waals surface area contributed by atoms with Gasteiger partial charge >= 0.3 is 6.09 Å². The Morgan fingerprint density at radius 3 is 2.18 bits per heavy atom. The van der Waals surface area contributed by atoms with Crippen LogP contribution in [0.15, 0.2) is 0 Å². The van der Waals surface area contributed by atoms with Crippen LogP contribution in [0.3, 0.4) is 0 Å². The molecule has 66 valence electrons. The van der Waals surface area contributed by atoms with Crippen molar-refractivity contribution in [1.29, 1.82) is 0 Å². The van der Waals surface area contributed by atoms with Gasteiger partial charge in [0.15, 0.2) is 5.78 Å². The molecule has 1 atom stereocenters. The van der Waals surface area contributed by atoms with Crippen LogP contribution in [0.25, 0.3) is 0 Å². The van der Waals surface area contributed by atoms with Gasteiger partial charge in [0.05, 0.1) is 13.2 Å². The molecule has 0 heterocycles. The maximum Gasteiger partial charge on any atom is 0.407 e. The normalized spacial score (nSPS) is 10.8. The van der Waals surface area contributed by atoms with Gasteiger partial charge < -0.3 is 10.1 Å². The third-order valence-electron chi connectivity index (χ3n) is 1.13. The van der Waals surface area contributed by atoms with Crippen LogP contribution in [0, 0.1) is 0 Å². The maximum absolute atomic E-state index is 10.5. The highest BCUT2D eigenvalue weighted by Crippen LogP contribution is 1.83. The Bertz CT molecular complexity index is 149. The first-order chi connectivity index (χ1) is 4.57. The third-order valence-corrected chi connectivity index (χ3v) is 1.13. The molecule has 0 saturated heterocycles. The number of rotatable bonds is 2. The number of Topliss-reactive ketones (excluding diaryl/α,β-unsaturated/α-hetero) is 1. The Balaban J connectivity index is 0. The minimum atomic E-state index is -0.581. The van der Waals surface area contributed by atoms with Crippen LogP contribution in [-0.2, 0) is 9.53 Å². The second kappa shape index (κ2) is 6.03. The number of ketones is 1. The number of hydrogen-bond donors (Lipinski definition) is 1. The molecule has 0 aromatic rings. The van der Waals surface area contributed by atoms with E-state index in [0.717, 1.165) is 0 Å². The molecule has 1 N–H and O–H groups in total. The zero-order valence-corrected chi connectivity index (χ0v) is 7.80. The highest BCUT2D eigenvalue weighted by Gasteiger charge is 2.09. The molecule has 11 heavy (non-hydrogen) atoms. The number of carbonyl (C=O) groups is 2. The molecule has 0 unspecified atom stereocenters. The van der Waals surface area contributed by atoms with Gasteiger partial charge in [0.1, 0.15) is 0 Å². The molecule has 0 bridgehead atoms. The molecule has 0 aliphatic heterocycles. The predicted octanol–water partition coefficient (Wildman–Crippen LogP) is 0.433. The van der Waals surface area contributed by atoms with Crippen molar-refractivity contribution >= 4 is 25.4 Å². The Morgan fingerprint density at radius 2 is 1.91 bits per heavy atom. The summed E-state index contributed by atoms with van der Waals surface area (Å²) in [6.45, 7) is 3.00. The second-order valence-corrected chi connectivity index (χ2v) is 1.97. The zero-order chi connectivity index (χ0) is 8.15.